The molecule has 0 unspecified atom stereocenters. The minimum Gasteiger partial charge on any atom is -0.330 e. The fraction of sp³-hybridized carbons (Fsp3) is 0.222. The van der Waals surface area contributed by atoms with Gasteiger partial charge in [-0.15, -0.1) is 10.2 Å². The molecular weight excluding hydrogens is 422 g/mol. The molecule has 2 aromatic carbocycles. The van der Waals surface area contributed by atoms with E-state index in [0.29, 0.717) is 5.82 Å². The Bertz CT molecular complexity index is 1370. The fourth-order valence-electron chi connectivity index (χ4n) is 4.34. The number of rotatable bonds is 8. The van der Waals surface area contributed by atoms with Gasteiger partial charge < -0.3 is 4.57 Å². The van der Waals surface area contributed by atoms with E-state index in [1.54, 1.807) is 6.20 Å². The molecule has 0 fully saturated rings. The Labute approximate surface area is 198 Å². The number of hydrogen-bond acceptors (Lipinski definition) is 5. The maximum absolute atomic E-state index is 4.76. The summed E-state index contributed by atoms with van der Waals surface area (Å²) in [6.07, 6.45) is 9.15. The summed E-state index contributed by atoms with van der Waals surface area (Å²) in [5.41, 5.74) is 7.55. The van der Waals surface area contributed by atoms with E-state index >= 15 is 0 Å². The number of hydrogen-bond donors (Lipinski definition) is 1. The average molecular weight is 450 g/mol. The van der Waals surface area contributed by atoms with Gasteiger partial charge in [0.2, 0.25) is 5.82 Å². The number of aryl methyl sites for hydroxylation is 2. The number of benzene rings is 2. The summed E-state index contributed by atoms with van der Waals surface area (Å²) in [5, 5.41) is 14.7. The van der Waals surface area contributed by atoms with E-state index in [2.05, 4.69) is 80.6 Å². The van der Waals surface area contributed by atoms with Crippen molar-refractivity contribution in [2.75, 3.05) is 0 Å². The number of H-pyrrole nitrogens is 1. The van der Waals surface area contributed by atoms with Crippen molar-refractivity contribution in [2.45, 2.75) is 39.7 Å². The highest BCUT2D eigenvalue weighted by Gasteiger charge is 2.16. The van der Waals surface area contributed by atoms with Gasteiger partial charge in [-0.2, -0.15) is 5.21 Å². The number of aromatic nitrogens is 7. The van der Waals surface area contributed by atoms with Gasteiger partial charge in [-0.1, -0.05) is 55.8 Å². The molecule has 0 spiro atoms. The van der Waals surface area contributed by atoms with Crippen molar-refractivity contribution < 1.29 is 0 Å². The molecule has 0 radical (unpaired) electrons. The molecule has 0 saturated heterocycles. The number of nitrogens with zero attached hydrogens (tertiary/aromatic N) is 6. The molecule has 3 heterocycles. The lowest BCUT2D eigenvalue weighted by Gasteiger charge is -2.15. The molecule has 3 aromatic heterocycles. The highest BCUT2D eigenvalue weighted by atomic mass is 15.5. The lowest BCUT2D eigenvalue weighted by Crippen LogP contribution is -2.05. The van der Waals surface area contributed by atoms with Crippen molar-refractivity contribution in [3.8, 4) is 33.6 Å². The van der Waals surface area contributed by atoms with Crippen LogP contribution in [0.5, 0.6) is 0 Å². The zero-order valence-electron chi connectivity index (χ0n) is 19.4. The molecule has 0 aliphatic carbocycles. The first-order chi connectivity index (χ1) is 16.7. The van der Waals surface area contributed by atoms with Gasteiger partial charge in [0, 0.05) is 42.7 Å². The Morgan fingerprint density at radius 3 is 2.56 bits per heavy atom. The Kier molecular flexibility index (Phi) is 6.25. The van der Waals surface area contributed by atoms with Crippen LogP contribution < -0.4 is 0 Å². The van der Waals surface area contributed by atoms with Crippen LogP contribution in [0.15, 0.2) is 73.2 Å². The summed E-state index contributed by atoms with van der Waals surface area (Å²) in [6, 6.07) is 18.9. The summed E-state index contributed by atoms with van der Waals surface area (Å²) in [6.45, 7) is 5.05. The second-order valence-corrected chi connectivity index (χ2v) is 8.43. The second-order valence-electron chi connectivity index (χ2n) is 8.43. The van der Waals surface area contributed by atoms with Gasteiger partial charge in [0.15, 0.2) is 0 Å². The van der Waals surface area contributed by atoms with Crippen molar-refractivity contribution in [2.24, 2.45) is 0 Å². The van der Waals surface area contributed by atoms with E-state index in [0.717, 1.165) is 65.1 Å². The zero-order valence-corrected chi connectivity index (χ0v) is 19.4. The predicted octanol–water partition coefficient (Wildman–Crippen LogP) is 5.49. The number of unbranched alkanes of at least 4 members (excludes halogenated alkanes) is 1. The Hall–Kier alpha value is -4.13. The monoisotopic (exact) mass is 449 g/mol. The number of pyridine rings is 1. The van der Waals surface area contributed by atoms with Crippen LogP contribution in [0.25, 0.3) is 33.6 Å². The minimum atomic E-state index is 0.575. The van der Waals surface area contributed by atoms with Crippen LogP contribution in [0.4, 0.5) is 0 Å². The van der Waals surface area contributed by atoms with Gasteiger partial charge in [-0.05, 0) is 52.9 Å². The predicted molar refractivity (Wildman–Crippen MR) is 133 cm³/mol. The topological polar surface area (TPSA) is 85.2 Å². The van der Waals surface area contributed by atoms with Gasteiger partial charge in [0.1, 0.15) is 5.82 Å². The van der Waals surface area contributed by atoms with E-state index in [4.69, 9.17) is 4.98 Å². The quantitative estimate of drug-likeness (QED) is 0.338. The lowest BCUT2D eigenvalue weighted by molar-refractivity contribution is 0.678. The minimum absolute atomic E-state index is 0.575. The largest absolute Gasteiger partial charge is 0.330 e. The Morgan fingerprint density at radius 2 is 1.79 bits per heavy atom. The highest BCUT2D eigenvalue weighted by molar-refractivity contribution is 5.90. The normalized spacial score (nSPS) is 11.1. The van der Waals surface area contributed by atoms with Crippen LogP contribution in [-0.2, 0) is 13.0 Å². The molecule has 5 aromatic rings. The third-order valence-corrected chi connectivity index (χ3v) is 5.95. The van der Waals surface area contributed by atoms with Crippen molar-refractivity contribution in [1.29, 1.82) is 0 Å². The first kappa shape index (κ1) is 21.7. The first-order valence-corrected chi connectivity index (χ1v) is 11.6. The van der Waals surface area contributed by atoms with Gasteiger partial charge in [0.05, 0.1) is 5.69 Å². The van der Waals surface area contributed by atoms with Crippen LogP contribution in [-0.4, -0.2) is 35.2 Å². The number of aromatic amines is 1. The number of imidazole rings is 1. The van der Waals surface area contributed by atoms with Crippen LogP contribution in [0.1, 0.15) is 36.8 Å². The summed E-state index contributed by atoms with van der Waals surface area (Å²) in [4.78, 5) is 9.14. The molecule has 1 N–H and O–H groups in total. The molecule has 0 bridgehead atoms. The van der Waals surface area contributed by atoms with E-state index < -0.39 is 0 Å². The molecule has 0 aliphatic heterocycles. The third kappa shape index (κ3) is 4.50. The molecule has 7 nitrogen and oxygen atoms in total. The smallest absolute Gasteiger partial charge is 0.205 e. The number of tetrazole rings is 1. The van der Waals surface area contributed by atoms with Gasteiger partial charge in [-0.25, -0.2) is 4.98 Å². The molecule has 7 heteroatoms. The highest BCUT2D eigenvalue weighted by Crippen LogP contribution is 2.37. The molecule has 5 rings (SSSR count). The Morgan fingerprint density at radius 1 is 0.941 bits per heavy atom. The Balaban J connectivity index is 1.60. The summed E-state index contributed by atoms with van der Waals surface area (Å²) in [7, 11) is 0. The summed E-state index contributed by atoms with van der Waals surface area (Å²) < 4.78 is 2.28. The molecule has 34 heavy (non-hydrogen) atoms. The van der Waals surface area contributed by atoms with Crippen LogP contribution in [0, 0.1) is 6.92 Å². The van der Waals surface area contributed by atoms with Gasteiger partial charge in [0.25, 0.3) is 0 Å². The zero-order chi connectivity index (χ0) is 23.3. The van der Waals surface area contributed by atoms with E-state index in [1.165, 1.54) is 5.56 Å². The second kappa shape index (κ2) is 9.79. The summed E-state index contributed by atoms with van der Waals surface area (Å²) in [5.74, 6) is 1.72. The molecule has 0 saturated carbocycles. The molecule has 0 amide bonds. The van der Waals surface area contributed by atoms with E-state index in [1.807, 2.05) is 30.5 Å². The van der Waals surface area contributed by atoms with E-state index in [9.17, 15) is 0 Å². The maximum Gasteiger partial charge on any atom is 0.205 e. The molecule has 0 atom stereocenters. The van der Waals surface area contributed by atoms with Crippen LogP contribution in [0.2, 0.25) is 0 Å². The number of nitrogens with one attached hydrogen (secondary N) is 1. The lowest BCUT2D eigenvalue weighted by atomic mass is 9.90. The summed E-state index contributed by atoms with van der Waals surface area (Å²) >= 11 is 0. The SMILES string of the molecule is CCCCc1nc(C)cn1Cc1ccc(-c2ccccc2-c2nn[nH]n2)c(-c2cccnc2)c1. The van der Waals surface area contributed by atoms with Crippen molar-refractivity contribution in [1.82, 2.24) is 35.2 Å². The molecule has 170 valence electrons. The standard InChI is InChI=1S/C27H27N7/c1-3-4-11-26-29-19(2)17-34(26)18-20-12-13-23(25(15-20)21-8-7-14-28-16-21)22-9-5-6-10-24(22)27-30-32-33-31-27/h5-10,12-17H,3-4,11,18H2,1-2H3,(H,30,31,32,33). The van der Waals surface area contributed by atoms with Crippen LogP contribution in [0.3, 0.4) is 0 Å². The van der Waals surface area contributed by atoms with Crippen molar-refractivity contribution in [3.05, 3.63) is 90.3 Å². The average Bonchev–Trinajstić information content (AvgIpc) is 3.53. The first-order valence-electron chi connectivity index (χ1n) is 11.6. The van der Waals surface area contributed by atoms with Gasteiger partial charge >= 0.3 is 0 Å². The molecular formula is C27H27N7. The van der Waals surface area contributed by atoms with Crippen molar-refractivity contribution >= 4 is 0 Å². The van der Waals surface area contributed by atoms with E-state index in [-0.39, 0.29) is 0 Å². The van der Waals surface area contributed by atoms with Crippen molar-refractivity contribution in [3.63, 3.8) is 0 Å². The van der Waals surface area contributed by atoms with Gasteiger partial charge in [-0.3, -0.25) is 4.98 Å². The fourth-order valence-corrected chi connectivity index (χ4v) is 4.34. The third-order valence-electron chi connectivity index (χ3n) is 5.95. The maximum atomic E-state index is 4.76. The molecule has 0 aliphatic rings. The van der Waals surface area contributed by atoms with Crippen LogP contribution >= 0.6 is 0 Å².